The molecule has 9 heteroatoms. The van der Waals surface area contributed by atoms with Gasteiger partial charge in [-0.3, -0.25) is 0 Å². The first kappa shape index (κ1) is 17.3. The number of hydrogen-bond acceptors (Lipinski definition) is 7. The van der Waals surface area contributed by atoms with E-state index in [4.69, 9.17) is 29.1 Å². The molecule has 10 heavy (non-hydrogen) atoms. The predicted molar refractivity (Wildman–Crippen MR) is 27.3 cm³/mol. The number of thiocyanates is 1. The SMILES string of the molecule is N#CS[O-].O=P([O-])([O-])[O-].[Ca+2]. The summed E-state index contributed by atoms with van der Waals surface area (Å²) in [6.45, 7) is 0. The maximum absolute atomic E-state index is 8.85. The van der Waals surface area contributed by atoms with Gasteiger partial charge < -0.3 is 23.8 Å². The summed E-state index contributed by atoms with van der Waals surface area (Å²) >= 11 is -0.0880. The Morgan fingerprint density at radius 3 is 1.50 bits per heavy atom. The molecule has 0 bridgehead atoms. The molecule has 0 amide bonds. The Bertz CT molecular complexity index is 131. The number of rotatable bonds is 0. The van der Waals surface area contributed by atoms with Crippen LogP contribution in [0.4, 0.5) is 0 Å². The van der Waals surface area contributed by atoms with Crippen molar-refractivity contribution in [1.82, 2.24) is 0 Å². The van der Waals surface area contributed by atoms with Crippen molar-refractivity contribution in [2.45, 2.75) is 0 Å². The van der Waals surface area contributed by atoms with Gasteiger partial charge in [-0.2, -0.15) is 13.1 Å². The van der Waals surface area contributed by atoms with E-state index in [0.717, 1.165) is 0 Å². The van der Waals surface area contributed by atoms with Gasteiger partial charge in [-0.25, -0.2) is 0 Å². The molecule has 0 aromatic carbocycles. The van der Waals surface area contributed by atoms with Crippen LogP contribution in [0.25, 0.3) is 0 Å². The fraction of sp³-hybridized carbons (Fsp3) is 0. The average Bonchev–Trinajstić information content (AvgIpc) is 1.61. The third-order valence-corrected chi connectivity index (χ3v) is 0.112. The van der Waals surface area contributed by atoms with Gasteiger partial charge in [0.15, 0.2) is 0 Å². The second-order valence-corrected chi connectivity index (χ2v) is 1.87. The molecule has 0 aromatic rings. The summed E-state index contributed by atoms with van der Waals surface area (Å²) in [4.78, 5) is 25.6. The molecule has 0 aromatic heterocycles. The zero-order valence-electron chi connectivity index (χ0n) is 4.55. The van der Waals surface area contributed by atoms with E-state index in [9.17, 15) is 0 Å². The van der Waals surface area contributed by atoms with E-state index in [1.807, 2.05) is 0 Å². The molecule has 0 heterocycles. The summed E-state index contributed by atoms with van der Waals surface area (Å²) in [6, 6.07) is 0. The van der Waals surface area contributed by atoms with Gasteiger partial charge in [0.05, 0.1) is 0 Å². The van der Waals surface area contributed by atoms with Crippen molar-refractivity contribution in [2.75, 3.05) is 0 Å². The van der Waals surface area contributed by atoms with Gasteiger partial charge in [0.25, 0.3) is 0 Å². The Kier molecular flexibility index (Phi) is 17.6. The largest absolute Gasteiger partial charge is 2.00 e. The Balaban J connectivity index is -0.0000000910. The Hall–Kier alpha value is 1.17. The zero-order valence-corrected chi connectivity index (χ0v) is 8.47. The summed E-state index contributed by atoms with van der Waals surface area (Å²) in [5.41, 5.74) is 0. The zero-order chi connectivity index (χ0) is 7.91. The monoisotopic (exact) mass is 209 g/mol. The van der Waals surface area contributed by atoms with Crippen LogP contribution in [0.2, 0.25) is 0 Å². The predicted octanol–water partition coefficient (Wildman–Crippen LogP) is -2.87. The van der Waals surface area contributed by atoms with E-state index in [0.29, 0.717) is 0 Å². The van der Waals surface area contributed by atoms with Crippen molar-refractivity contribution in [3.8, 4) is 5.40 Å². The van der Waals surface area contributed by atoms with Gasteiger partial charge in [-0.05, 0) is 0 Å². The third-order valence-electron chi connectivity index (χ3n) is 0.0373. The molecule has 0 aliphatic heterocycles. The van der Waals surface area contributed by atoms with Crippen molar-refractivity contribution in [3.05, 3.63) is 0 Å². The van der Waals surface area contributed by atoms with Crippen LogP contribution in [0.5, 0.6) is 0 Å². The van der Waals surface area contributed by atoms with Crippen molar-refractivity contribution < 1.29 is 23.8 Å². The summed E-state index contributed by atoms with van der Waals surface area (Å²) in [6.07, 6.45) is 0. The van der Waals surface area contributed by atoms with Crippen molar-refractivity contribution >= 4 is 57.6 Å². The van der Waals surface area contributed by atoms with Crippen LogP contribution in [0, 0.1) is 10.7 Å². The van der Waals surface area contributed by atoms with Crippen LogP contribution in [0.15, 0.2) is 0 Å². The molecule has 0 N–H and O–H groups in total. The minimum Gasteiger partial charge on any atom is -0.822 e. The molecule has 0 spiro atoms. The van der Waals surface area contributed by atoms with E-state index in [-0.39, 0.29) is 49.8 Å². The second-order valence-electron chi connectivity index (χ2n) is 0.622. The topological polar surface area (TPSA) is 133 Å². The Labute approximate surface area is 91.3 Å². The standard InChI is InChI=1S/CHNOS.Ca.H3O4P/c2-1-4-3;;1-5(2,3)4/h3H;;(H3,1,2,3,4)/q;+2;/p-4. The minimum absolute atomic E-state index is 0. The summed E-state index contributed by atoms with van der Waals surface area (Å²) in [5, 5.41) is 8.57. The summed E-state index contributed by atoms with van der Waals surface area (Å²) in [7, 11) is -5.39. The molecule has 0 unspecified atom stereocenters. The molecule has 0 aliphatic rings. The quantitative estimate of drug-likeness (QED) is 0.181. The van der Waals surface area contributed by atoms with Crippen LogP contribution in [-0.4, -0.2) is 42.3 Å². The van der Waals surface area contributed by atoms with Gasteiger partial charge in [0, 0.05) is 0 Å². The van der Waals surface area contributed by atoms with Crippen LogP contribution in [0.1, 0.15) is 0 Å². The second kappa shape index (κ2) is 10.2. The summed E-state index contributed by atoms with van der Waals surface area (Å²) in [5.74, 6) is 0. The fourth-order valence-electron chi connectivity index (χ4n) is 0. The van der Waals surface area contributed by atoms with E-state index in [1.54, 1.807) is 0 Å². The maximum Gasteiger partial charge on any atom is 2.00 e. The minimum atomic E-state index is -5.39. The average molecular weight is 209 g/mol. The molecule has 6 nitrogen and oxygen atoms in total. The fourth-order valence-corrected chi connectivity index (χ4v) is 0. The molecule has 0 aliphatic carbocycles. The van der Waals surface area contributed by atoms with Crippen LogP contribution in [0.3, 0.4) is 0 Å². The molecule has 0 rings (SSSR count). The van der Waals surface area contributed by atoms with E-state index in [1.165, 1.54) is 5.40 Å². The number of phosphoric acid groups is 1. The maximum atomic E-state index is 8.85. The van der Waals surface area contributed by atoms with Crippen LogP contribution >= 0.6 is 19.9 Å². The molecule has 0 saturated heterocycles. The van der Waals surface area contributed by atoms with Crippen molar-refractivity contribution in [2.24, 2.45) is 0 Å². The summed E-state index contributed by atoms with van der Waals surface area (Å²) < 4.78 is 17.4. The van der Waals surface area contributed by atoms with Crippen LogP contribution in [-0.2, 0) is 4.57 Å². The first-order chi connectivity index (χ1) is 3.91. The molecule has 0 saturated carbocycles. The number of hydrogen-bond donors (Lipinski definition) is 0. The molecule has 0 atom stereocenters. The van der Waals surface area contributed by atoms with Crippen LogP contribution < -0.4 is 14.7 Å². The molecule has 0 fully saturated rings. The Morgan fingerprint density at radius 1 is 1.40 bits per heavy atom. The molecule has 0 radical (unpaired) electrons. The first-order valence-corrected chi connectivity index (χ1v) is 3.53. The van der Waals surface area contributed by atoms with Gasteiger partial charge in [-0.15, -0.1) is 12.0 Å². The van der Waals surface area contributed by atoms with Gasteiger partial charge in [0.1, 0.15) is 5.40 Å². The van der Waals surface area contributed by atoms with E-state index >= 15 is 0 Å². The molecule has 54 valence electrons. The number of nitrogens with zero attached hydrogens (tertiary/aromatic N) is 1. The molecular formula is CCaNO5PS-2. The van der Waals surface area contributed by atoms with Crippen molar-refractivity contribution in [3.63, 3.8) is 0 Å². The van der Waals surface area contributed by atoms with Gasteiger partial charge in [-0.1, -0.05) is 0 Å². The normalized spacial score (nSPS) is 7.90. The smallest absolute Gasteiger partial charge is 0.822 e. The van der Waals surface area contributed by atoms with Crippen molar-refractivity contribution in [1.29, 1.82) is 5.26 Å². The number of nitriles is 1. The van der Waals surface area contributed by atoms with Gasteiger partial charge >= 0.3 is 37.7 Å². The van der Waals surface area contributed by atoms with E-state index in [2.05, 4.69) is 0 Å². The van der Waals surface area contributed by atoms with E-state index < -0.39 is 7.82 Å². The molecular weight excluding hydrogens is 209 g/mol. The van der Waals surface area contributed by atoms with Gasteiger partial charge in [0.2, 0.25) is 0 Å². The Morgan fingerprint density at radius 2 is 1.50 bits per heavy atom. The first-order valence-electron chi connectivity index (χ1n) is 1.32. The third kappa shape index (κ3) is 130.